The van der Waals surface area contributed by atoms with Crippen LogP contribution in [0.1, 0.15) is 36.9 Å². The Bertz CT molecular complexity index is 383. The molecule has 14 heavy (non-hydrogen) atoms. The van der Waals surface area contributed by atoms with Gasteiger partial charge in [0.05, 0.1) is 17.5 Å². The van der Waals surface area contributed by atoms with Crippen molar-refractivity contribution >= 4 is 0 Å². The number of aliphatic hydroxyl groups is 1. The van der Waals surface area contributed by atoms with Crippen molar-refractivity contribution in [3.63, 3.8) is 0 Å². The lowest BCUT2D eigenvalue weighted by Gasteiger charge is -2.22. The molecule has 0 saturated heterocycles. The number of aryl methyl sites for hydroxylation is 1. The average Bonchev–Trinajstić information content (AvgIpc) is 2.73. The van der Waals surface area contributed by atoms with Gasteiger partial charge in [-0.15, -0.1) is 0 Å². The van der Waals surface area contributed by atoms with Crippen molar-refractivity contribution in [2.75, 3.05) is 0 Å². The van der Waals surface area contributed by atoms with Crippen LogP contribution in [-0.2, 0) is 12.6 Å². The fourth-order valence-electron chi connectivity index (χ4n) is 2.27. The molecule has 0 aromatic carbocycles. The van der Waals surface area contributed by atoms with Crippen molar-refractivity contribution in [2.24, 2.45) is 7.05 Å². The molecule has 0 amide bonds. The Morgan fingerprint density at radius 1 is 1.57 bits per heavy atom. The summed E-state index contributed by atoms with van der Waals surface area (Å²) in [5, 5.41) is 23.2. The van der Waals surface area contributed by atoms with Gasteiger partial charge in [0.15, 0.2) is 0 Å². The van der Waals surface area contributed by atoms with E-state index in [4.69, 9.17) is 5.26 Å². The third kappa shape index (κ3) is 1.21. The maximum atomic E-state index is 10.3. The van der Waals surface area contributed by atoms with Crippen LogP contribution in [0.5, 0.6) is 0 Å². The van der Waals surface area contributed by atoms with Crippen molar-refractivity contribution in [1.29, 1.82) is 5.26 Å². The summed E-state index contributed by atoms with van der Waals surface area (Å²) in [7, 11) is 1.77. The van der Waals surface area contributed by atoms with Crippen molar-refractivity contribution in [3.05, 3.63) is 17.5 Å². The molecule has 74 valence electrons. The zero-order valence-corrected chi connectivity index (χ0v) is 8.19. The molecular formula is C10H13N3O. The summed E-state index contributed by atoms with van der Waals surface area (Å²) < 4.78 is 1.61. The van der Waals surface area contributed by atoms with Crippen LogP contribution in [0.4, 0.5) is 0 Å². The van der Waals surface area contributed by atoms with E-state index in [0.29, 0.717) is 11.3 Å². The van der Waals surface area contributed by atoms with Crippen LogP contribution in [0.25, 0.3) is 0 Å². The third-order valence-electron chi connectivity index (χ3n) is 2.93. The predicted molar refractivity (Wildman–Crippen MR) is 50.3 cm³/mol. The number of nitrogens with zero attached hydrogens (tertiary/aromatic N) is 3. The predicted octanol–water partition coefficient (Wildman–Crippen LogP) is 1.05. The van der Waals surface area contributed by atoms with Gasteiger partial charge < -0.3 is 5.11 Å². The van der Waals surface area contributed by atoms with E-state index in [-0.39, 0.29) is 0 Å². The molecule has 1 saturated carbocycles. The number of hydrogen-bond acceptors (Lipinski definition) is 3. The molecule has 4 heteroatoms. The fourth-order valence-corrected chi connectivity index (χ4v) is 2.27. The maximum absolute atomic E-state index is 10.3. The first-order valence-electron chi connectivity index (χ1n) is 4.82. The molecule has 1 aromatic rings. The van der Waals surface area contributed by atoms with Crippen molar-refractivity contribution in [3.8, 4) is 6.07 Å². The highest BCUT2D eigenvalue weighted by atomic mass is 16.3. The van der Waals surface area contributed by atoms with Crippen LogP contribution in [0.15, 0.2) is 6.20 Å². The van der Waals surface area contributed by atoms with E-state index in [9.17, 15) is 5.11 Å². The summed E-state index contributed by atoms with van der Waals surface area (Å²) in [5.74, 6) is 0. The molecule has 0 radical (unpaired) electrons. The zero-order valence-electron chi connectivity index (χ0n) is 8.19. The van der Waals surface area contributed by atoms with E-state index >= 15 is 0 Å². The zero-order chi connectivity index (χ0) is 10.2. The lowest BCUT2D eigenvalue weighted by molar-refractivity contribution is 0.0357. The van der Waals surface area contributed by atoms with E-state index in [0.717, 1.165) is 25.7 Å². The highest BCUT2D eigenvalue weighted by molar-refractivity contribution is 5.35. The summed E-state index contributed by atoms with van der Waals surface area (Å²) in [6, 6.07) is 2.08. The van der Waals surface area contributed by atoms with Crippen molar-refractivity contribution in [2.45, 2.75) is 31.3 Å². The third-order valence-corrected chi connectivity index (χ3v) is 2.93. The van der Waals surface area contributed by atoms with Gasteiger partial charge in [-0.2, -0.15) is 10.4 Å². The van der Waals surface area contributed by atoms with E-state index < -0.39 is 5.60 Å². The molecule has 0 unspecified atom stereocenters. The number of rotatable bonds is 1. The van der Waals surface area contributed by atoms with Gasteiger partial charge in [-0.3, -0.25) is 4.68 Å². The monoisotopic (exact) mass is 191 g/mol. The lowest BCUT2D eigenvalue weighted by atomic mass is 9.95. The Morgan fingerprint density at radius 3 is 2.79 bits per heavy atom. The topological polar surface area (TPSA) is 61.8 Å². The Hall–Kier alpha value is -1.34. The second-order valence-electron chi connectivity index (χ2n) is 3.88. The van der Waals surface area contributed by atoms with Gasteiger partial charge in [-0.1, -0.05) is 12.8 Å². The van der Waals surface area contributed by atoms with Crippen LogP contribution in [0, 0.1) is 11.3 Å². The van der Waals surface area contributed by atoms with E-state index in [1.165, 1.54) is 6.20 Å². The summed E-state index contributed by atoms with van der Waals surface area (Å²) in [6.45, 7) is 0. The van der Waals surface area contributed by atoms with E-state index in [1.807, 2.05) is 0 Å². The van der Waals surface area contributed by atoms with E-state index in [1.54, 1.807) is 11.7 Å². The highest BCUT2D eigenvalue weighted by Gasteiger charge is 2.37. The molecule has 0 spiro atoms. The van der Waals surface area contributed by atoms with E-state index in [2.05, 4.69) is 11.2 Å². The maximum Gasteiger partial charge on any atom is 0.107 e. The van der Waals surface area contributed by atoms with Gasteiger partial charge in [0, 0.05) is 7.05 Å². The first kappa shape index (κ1) is 9.22. The minimum Gasteiger partial charge on any atom is -0.384 e. The van der Waals surface area contributed by atoms with Gasteiger partial charge in [0.1, 0.15) is 11.7 Å². The summed E-state index contributed by atoms with van der Waals surface area (Å²) in [4.78, 5) is 0. The molecule has 1 N–H and O–H groups in total. The minimum absolute atomic E-state index is 0.497. The minimum atomic E-state index is -0.823. The van der Waals surface area contributed by atoms with Gasteiger partial charge >= 0.3 is 0 Å². The molecule has 1 fully saturated rings. The molecule has 1 heterocycles. The Balaban J connectivity index is 2.49. The van der Waals surface area contributed by atoms with Crippen LogP contribution in [-0.4, -0.2) is 14.9 Å². The number of nitriles is 1. The smallest absolute Gasteiger partial charge is 0.107 e. The Morgan fingerprint density at radius 2 is 2.21 bits per heavy atom. The quantitative estimate of drug-likeness (QED) is 0.721. The molecular weight excluding hydrogens is 178 g/mol. The first-order chi connectivity index (χ1) is 6.67. The van der Waals surface area contributed by atoms with Crippen LogP contribution < -0.4 is 0 Å². The van der Waals surface area contributed by atoms with Crippen LogP contribution >= 0.6 is 0 Å². The molecule has 2 rings (SSSR count). The van der Waals surface area contributed by atoms with Crippen molar-refractivity contribution in [1.82, 2.24) is 9.78 Å². The molecule has 0 bridgehead atoms. The lowest BCUT2D eigenvalue weighted by Crippen LogP contribution is -2.25. The molecule has 0 atom stereocenters. The standard InChI is InChI=1S/C10H13N3O/c1-13-9(8(6-11)7-12-13)10(14)4-2-3-5-10/h7,14H,2-5H2,1H3. The molecule has 1 aliphatic rings. The number of hydrogen-bond donors (Lipinski definition) is 1. The average molecular weight is 191 g/mol. The summed E-state index contributed by atoms with van der Waals surface area (Å²) in [5.41, 5.74) is 0.352. The molecule has 1 aromatic heterocycles. The Kier molecular flexibility index (Phi) is 2.05. The molecule has 4 nitrogen and oxygen atoms in total. The summed E-state index contributed by atoms with van der Waals surface area (Å²) in [6.07, 6.45) is 5.03. The fraction of sp³-hybridized carbons (Fsp3) is 0.600. The summed E-state index contributed by atoms with van der Waals surface area (Å²) >= 11 is 0. The van der Waals surface area contributed by atoms with Crippen LogP contribution in [0.3, 0.4) is 0 Å². The number of aromatic nitrogens is 2. The van der Waals surface area contributed by atoms with Gasteiger partial charge in [0.2, 0.25) is 0 Å². The van der Waals surface area contributed by atoms with Crippen LogP contribution in [0.2, 0.25) is 0 Å². The molecule has 1 aliphatic carbocycles. The van der Waals surface area contributed by atoms with Gasteiger partial charge in [-0.25, -0.2) is 0 Å². The largest absolute Gasteiger partial charge is 0.384 e. The normalized spacial score (nSPS) is 19.5. The second kappa shape index (κ2) is 3.10. The first-order valence-corrected chi connectivity index (χ1v) is 4.82. The highest BCUT2D eigenvalue weighted by Crippen LogP contribution is 2.39. The second-order valence-corrected chi connectivity index (χ2v) is 3.88. The van der Waals surface area contributed by atoms with Crippen molar-refractivity contribution < 1.29 is 5.11 Å². The molecule has 0 aliphatic heterocycles. The van der Waals surface area contributed by atoms with Gasteiger partial charge in [0.25, 0.3) is 0 Å². The SMILES string of the molecule is Cn1ncc(C#N)c1C1(O)CCCC1. The van der Waals surface area contributed by atoms with Gasteiger partial charge in [-0.05, 0) is 12.8 Å². The Labute approximate surface area is 82.8 Å².